The Bertz CT molecular complexity index is 1060. The van der Waals surface area contributed by atoms with Crippen molar-refractivity contribution in [2.45, 2.75) is 49.6 Å². The molecule has 4 rings (SSSR count). The van der Waals surface area contributed by atoms with Gasteiger partial charge < -0.3 is 10.1 Å². The minimum Gasteiger partial charge on any atom is -0.370 e. The maximum absolute atomic E-state index is 12.5. The van der Waals surface area contributed by atoms with Gasteiger partial charge in [-0.3, -0.25) is 4.79 Å². The van der Waals surface area contributed by atoms with Crippen molar-refractivity contribution >= 4 is 56.7 Å². The molecule has 1 N–H and O–H groups in total. The van der Waals surface area contributed by atoms with Gasteiger partial charge in [-0.1, -0.05) is 41.2 Å². The van der Waals surface area contributed by atoms with Gasteiger partial charge in [-0.25, -0.2) is 9.97 Å². The van der Waals surface area contributed by atoms with Gasteiger partial charge in [0.25, 0.3) is 0 Å². The van der Waals surface area contributed by atoms with Gasteiger partial charge in [-0.05, 0) is 44.7 Å². The van der Waals surface area contributed by atoms with E-state index in [2.05, 4.69) is 19.2 Å². The molecule has 0 spiro atoms. The Morgan fingerprint density at radius 2 is 2.03 bits per heavy atom. The molecule has 1 aliphatic rings. The Kier molecular flexibility index (Phi) is 5.88. The van der Waals surface area contributed by atoms with Crippen LogP contribution in [-0.4, -0.2) is 33.5 Å². The van der Waals surface area contributed by atoms with Crippen molar-refractivity contribution in [1.29, 1.82) is 0 Å². The third-order valence-corrected chi connectivity index (χ3v) is 7.36. The Morgan fingerprint density at radius 3 is 2.76 bits per heavy atom. The molecule has 3 heterocycles. The summed E-state index contributed by atoms with van der Waals surface area (Å²) in [7, 11) is 0. The van der Waals surface area contributed by atoms with E-state index < -0.39 is 0 Å². The summed E-state index contributed by atoms with van der Waals surface area (Å²) < 4.78 is 5.98. The third-order valence-electron chi connectivity index (χ3n) is 4.73. The molecule has 0 saturated heterocycles. The van der Waals surface area contributed by atoms with Crippen LogP contribution >= 0.6 is 34.9 Å². The van der Waals surface area contributed by atoms with Crippen LogP contribution in [0.3, 0.4) is 0 Å². The number of ether oxygens (including phenoxy) is 1. The molecule has 0 fully saturated rings. The van der Waals surface area contributed by atoms with Crippen LogP contribution in [0.25, 0.3) is 10.2 Å². The highest BCUT2D eigenvalue weighted by Gasteiger charge is 2.31. The maximum atomic E-state index is 12.5. The minimum absolute atomic E-state index is 0.0379. The average Bonchev–Trinajstić information content (AvgIpc) is 3.04. The zero-order chi connectivity index (χ0) is 20.6. The molecule has 3 aromatic rings. The molecule has 5 nitrogen and oxygen atoms in total. The first-order valence-corrected chi connectivity index (χ1v) is 12.4. The Labute approximate surface area is 183 Å². The normalized spacial score (nSPS) is 15.3. The molecule has 0 unspecified atom stereocenters. The van der Waals surface area contributed by atoms with E-state index in [1.54, 1.807) is 11.3 Å². The van der Waals surface area contributed by atoms with Gasteiger partial charge in [0.15, 0.2) is 5.16 Å². The lowest BCUT2D eigenvalue weighted by Crippen LogP contribution is -2.31. The van der Waals surface area contributed by atoms with Crippen LogP contribution < -0.4 is 5.32 Å². The highest BCUT2D eigenvalue weighted by molar-refractivity contribution is 8.00. The maximum Gasteiger partial charge on any atom is 0.234 e. The van der Waals surface area contributed by atoms with Crippen molar-refractivity contribution in [2.24, 2.45) is 0 Å². The number of hydrogen-bond donors (Lipinski definition) is 1. The Hall–Kier alpha value is -1.61. The van der Waals surface area contributed by atoms with Gasteiger partial charge in [0, 0.05) is 22.4 Å². The molecule has 2 aromatic heterocycles. The molecule has 1 amide bonds. The van der Waals surface area contributed by atoms with Crippen LogP contribution in [0.5, 0.6) is 0 Å². The SMILES string of the molecule is CSc1nc(SCC(=O)Nc2ccc(C)cc2)c2c3c(sc2n1)COC(C)(C)C3. The molecule has 1 aliphatic heterocycles. The van der Waals surface area contributed by atoms with Crippen molar-refractivity contribution in [3.05, 3.63) is 40.3 Å². The molecule has 29 heavy (non-hydrogen) atoms. The van der Waals surface area contributed by atoms with E-state index in [4.69, 9.17) is 14.7 Å². The van der Waals surface area contributed by atoms with Crippen molar-refractivity contribution in [1.82, 2.24) is 9.97 Å². The van der Waals surface area contributed by atoms with Crippen LogP contribution in [0.1, 0.15) is 29.9 Å². The number of amides is 1. The highest BCUT2D eigenvalue weighted by Crippen LogP contribution is 2.42. The number of aryl methyl sites for hydroxylation is 1. The quantitative estimate of drug-likeness (QED) is 0.326. The first-order chi connectivity index (χ1) is 13.8. The minimum atomic E-state index is -0.204. The molecule has 0 bridgehead atoms. The summed E-state index contributed by atoms with van der Waals surface area (Å²) in [6.45, 7) is 6.85. The van der Waals surface area contributed by atoms with E-state index in [-0.39, 0.29) is 11.5 Å². The second-order valence-electron chi connectivity index (χ2n) is 7.63. The van der Waals surface area contributed by atoms with Crippen LogP contribution in [0.4, 0.5) is 5.69 Å². The lowest BCUT2D eigenvalue weighted by Gasteiger charge is -2.30. The van der Waals surface area contributed by atoms with Crippen molar-refractivity contribution < 1.29 is 9.53 Å². The molecular formula is C21H23N3O2S3. The summed E-state index contributed by atoms with van der Waals surface area (Å²) in [6, 6.07) is 7.82. The molecule has 1 aromatic carbocycles. The van der Waals surface area contributed by atoms with E-state index in [0.29, 0.717) is 12.4 Å². The molecule has 0 radical (unpaired) electrons. The summed E-state index contributed by atoms with van der Waals surface area (Å²) in [4.78, 5) is 24.1. The molecule has 0 saturated carbocycles. The predicted molar refractivity (Wildman–Crippen MR) is 122 cm³/mol. The van der Waals surface area contributed by atoms with Gasteiger partial charge in [-0.2, -0.15) is 0 Å². The Morgan fingerprint density at radius 1 is 1.28 bits per heavy atom. The van der Waals surface area contributed by atoms with E-state index in [0.717, 1.165) is 32.5 Å². The van der Waals surface area contributed by atoms with Gasteiger partial charge in [0.05, 0.1) is 18.0 Å². The number of anilines is 1. The monoisotopic (exact) mass is 445 g/mol. The fraction of sp³-hybridized carbons (Fsp3) is 0.381. The highest BCUT2D eigenvalue weighted by atomic mass is 32.2. The molecular weight excluding hydrogens is 422 g/mol. The second kappa shape index (κ2) is 8.26. The van der Waals surface area contributed by atoms with Crippen LogP contribution in [0.2, 0.25) is 0 Å². The zero-order valence-electron chi connectivity index (χ0n) is 16.9. The molecule has 152 valence electrons. The smallest absolute Gasteiger partial charge is 0.234 e. The van der Waals surface area contributed by atoms with Crippen LogP contribution in [0.15, 0.2) is 34.4 Å². The van der Waals surface area contributed by atoms with E-state index in [1.807, 2.05) is 37.4 Å². The zero-order valence-corrected chi connectivity index (χ0v) is 19.3. The number of thioether (sulfide) groups is 2. The van der Waals surface area contributed by atoms with Gasteiger partial charge >= 0.3 is 0 Å². The fourth-order valence-electron chi connectivity index (χ4n) is 3.26. The Balaban J connectivity index is 1.59. The number of rotatable bonds is 5. The fourth-order valence-corrected chi connectivity index (χ4v) is 5.76. The first kappa shape index (κ1) is 20.7. The first-order valence-electron chi connectivity index (χ1n) is 9.34. The number of fused-ring (bicyclic) bond motifs is 3. The summed E-state index contributed by atoms with van der Waals surface area (Å²) in [5.74, 6) is 0.266. The standard InChI is InChI=1S/C21H23N3O2S3/c1-12-5-7-13(8-6-12)22-16(25)11-28-18-17-14-9-21(2,3)26-10-15(14)29-19(17)24-20(23-18)27-4/h5-8H,9-11H2,1-4H3,(H,22,25). The summed E-state index contributed by atoms with van der Waals surface area (Å²) in [5, 5.41) is 5.67. The van der Waals surface area contributed by atoms with Crippen molar-refractivity contribution in [2.75, 3.05) is 17.3 Å². The number of thiophene rings is 1. The second-order valence-corrected chi connectivity index (χ2v) is 10.4. The number of nitrogens with zero attached hydrogens (tertiary/aromatic N) is 2. The van der Waals surface area contributed by atoms with Gasteiger partial charge in [0.2, 0.25) is 5.91 Å². The number of aromatic nitrogens is 2. The molecule has 0 aliphatic carbocycles. The topological polar surface area (TPSA) is 64.1 Å². The summed E-state index contributed by atoms with van der Waals surface area (Å²) in [6.07, 6.45) is 2.80. The van der Waals surface area contributed by atoms with E-state index >= 15 is 0 Å². The number of hydrogen-bond acceptors (Lipinski definition) is 7. The summed E-state index contributed by atoms with van der Waals surface area (Å²) >= 11 is 4.68. The number of nitrogens with one attached hydrogen (secondary N) is 1. The largest absolute Gasteiger partial charge is 0.370 e. The van der Waals surface area contributed by atoms with E-state index in [1.165, 1.54) is 39.5 Å². The van der Waals surface area contributed by atoms with Gasteiger partial charge in [-0.15, -0.1) is 11.3 Å². The van der Waals surface area contributed by atoms with Crippen LogP contribution in [0, 0.1) is 6.92 Å². The number of carbonyl (C=O) groups excluding carboxylic acids is 1. The van der Waals surface area contributed by atoms with Crippen molar-refractivity contribution in [3.63, 3.8) is 0 Å². The summed E-state index contributed by atoms with van der Waals surface area (Å²) in [5.41, 5.74) is 3.05. The third kappa shape index (κ3) is 4.60. The number of benzene rings is 1. The lowest BCUT2D eigenvalue weighted by atomic mass is 9.95. The predicted octanol–water partition coefficient (Wildman–Crippen LogP) is 5.30. The number of carbonyl (C=O) groups is 1. The lowest BCUT2D eigenvalue weighted by molar-refractivity contribution is -0.113. The van der Waals surface area contributed by atoms with Crippen LogP contribution in [-0.2, 0) is 22.6 Å². The molecule has 8 heteroatoms. The van der Waals surface area contributed by atoms with E-state index in [9.17, 15) is 4.79 Å². The molecule has 0 atom stereocenters. The average molecular weight is 446 g/mol. The van der Waals surface area contributed by atoms with Gasteiger partial charge in [0.1, 0.15) is 9.86 Å². The van der Waals surface area contributed by atoms with Crippen molar-refractivity contribution in [3.8, 4) is 0 Å².